The van der Waals surface area contributed by atoms with E-state index in [1.165, 1.54) is 36.5 Å². The van der Waals surface area contributed by atoms with Crippen LogP contribution in [-0.4, -0.2) is 19.9 Å². The highest BCUT2D eigenvalue weighted by Crippen LogP contribution is 2.47. The fraction of sp³-hybridized carbons (Fsp3) is 0.0455. The van der Waals surface area contributed by atoms with E-state index in [0.29, 0.717) is 4.68 Å². The smallest absolute Gasteiger partial charge is 0.355 e. The number of halogens is 6. The van der Waals surface area contributed by atoms with Crippen molar-refractivity contribution in [2.24, 2.45) is 0 Å². The average Bonchev–Trinajstić information content (AvgIpc) is 3.52. The van der Waals surface area contributed by atoms with E-state index >= 15 is 0 Å². The second-order valence-corrected chi connectivity index (χ2v) is 8.65. The molecular formula is C22H10Cl2F4N4OS. The predicted molar refractivity (Wildman–Crippen MR) is 121 cm³/mol. The molecule has 0 spiro atoms. The fourth-order valence-corrected chi connectivity index (χ4v) is 4.66. The summed E-state index contributed by atoms with van der Waals surface area (Å²) in [5, 5.41) is 9.81. The van der Waals surface area contributed by atoms with Crippen LogP contribution in [0.4, 0.5) is 17.6 Å². The molecule has 172 valence electrons. The molecule has 0 saturated carbocycles. The summed E-state index contributed by atoms with van der Waals surface area (Å²) in [5.74, 6) is -0.997. The number of alkyl halides is 3. The van der Waals surface area contributed by atoms with Gasteiger partial charge in [-0.15, -0.1) is 11.3 Å². The lowest BCUT2D eigenvalue weighted by atomic mass is 10.0. The van der Waals surface area contributed by atoms with E-state index in [0.717, 1.165) is 23.6 Å². The fourth-order valence-electron chi connectivity index (χ4n) is 3.51. The van der Waals surface area contributed by atoms with Crippen LogP contribution in [0, 0.1) is 5.82 Å². The van der Waals surface area contributed by atoms with Crippen molar-refractivity contribution >= 4 is 34.5 Å². The van der Waals surface area contributed by atoms with Gasteiger partial charge in [-0.1, -0.05) is 46.6 Å². The lowest BCUT2D eigenvalue weighted by molar-refractivity contribution is -0.142. The number of hydrogen-bond donors (Lipinski definition) is 0. The number of rotatable bonds is 4. The third-order valence-corrected chi connectivity index (χ3v) is 6.33. The molecule has 3 aromatic heterocycles. The van der Waals surface area contributed by atoms with E-state index in [1.54, 1.807) is 11.4 Å². The van der Waals surface area contributed by atoms with Crippen LogP contribution in [0.2, 0.25) is 10.0 Å². The summed E-state index contributed by atoms with van der Waals surface area (Å²) < 4.78 is 63.7. The molecule has 5 aromatic rings. The first-order chi connectivity index (χ1) is 16.3. The van der Waals surface area contributed by atoms with Crippen molar-refractivity contribution < 1.29 is 22.1 Å². The van der Waals surface area contributed by atoms with Gasteiger partial charge in [-0.3, -0.25) is 0 Å². The van der Waals surface area contributed by atoms with Gasteiger partial charge < -0.3 is 4.52 Å². The van der Waals surface area contributed by atoms with E-state index < -0.39 is 23.3 Å². The van der Waals surface area contributed by atoms with Crippen molar-refractivity contribution in [1.82, 2.24) is 19.9 Å². The second-order valence-electron chi connectivity index (χ2n) is 6.94. The molecule has 12 heteroatoms. The summed E-state index contributed by atoms with van der Waals surface area (Å²) in [4.78, 5) is 4.18. The molecule has 0 aliphatic rings. The van der Waals surface area contributed by atoms with Crippen molar-refractivity contribution in [3.63, 3.8) is 0 Å². The lowest BCUT2D eigenvalue weighted by Crippen LogP contribution is -2.14. The summed E-state index contributed by atoms with van der Waals surface area (Å²) in [5.41, 5.74) is -1.66. The van der Waals surface area contributed by atoms with E-state index in [-0.39, 0.29) is 43.3 Å². The zero-order valence-electron chi connectivity index (χ0n) is 16.6. The summed E-state index contributed by atoms with van der Waals surface area (Å²) in [6.07, 6.45) is -2.40. The van der Waals surface area contributed by atoms with Crippen LogP contribution in [0.5, 0.6) is 0 Å². The highest BCUT2D eigenvalue weighted by molar-refractivity contribution is 7.13. The Bertz CT molecular complexity index is 1480. The molecule has 0 unspecified atom stereocenters. The van der Waals surface area contributed by atoms with Crippen LogP contribution in [0.15, 0.2) is 64.8 Å². The molecule has 34 heavy (non-hydrogen) atoms. The highest BCUT2D eigenvalue weighted by Gasteiger charge is 2.42. The SMILES string of the molecule is Fc1cccc(Cl)c1-c1noc(-c2cnn(-c3ccccc3Cl)c2C(F)(F)F)c1-c1nccs1. The zero-order chi connectivity index (χ0) is 24.0. The van der Waals surface area contributed by atoms with Crippen LogP contribution >= 0.6 is 34.5 Å². The summed E-state index contributed by atoms with van der Waals surface area (Å²) in [6.45, 7) is 0. The van der Waals surface area contributed by atoms with Crippen molar-refractivity contribution in [2.75, 3.05) is 0 Å². The third kappa shape index (κ3) is 3.77. The number of hydrogen-bond acceptors (Lipinski definition) is 5. The number of thiazole rings is 1. The molecule has 0 bridgehead atoms. The Balaban J connectivity index is 1.81. The first-order valence-corrected chi connectivity index (χ1v) is 11.2. The Morgan fingerprint density at radius 1 is 0.971 bits per heavy atom. The molecule has 0 fully saturated rings. The van der Waals surface area contributed by atoms with E-state index in [4.69, 9.17) is 27.7 Å². The second kappa shape index (κ2) is 8.53. The van der Waals surface area contributed by atoms with Crippen LogP contribution in [0.3, 0.4) is 0 Å². The van der Waals surface area contributed by atoms with Crippen LogP contribution in [-0.2, 0) is 6.18 Å². The quantitative estimate of drug-likeness (QED) is 0.225. The Morgan fingerprint density at radius 2 is 1.74 bits per heavy atom. The average molecular weight is 525 g/mol. The number of para-hydroxylation sites is 1. The largest absolute Gasteiger partial charge is 0.434 e. The first-order valence-electron chi connectivity index (χ1n) is 9.51. The minimum atomic E-state index is -4.85. The monoisotopic (exact) mass is 524 g/mol. The minimum absolute atomic E-state index is 0.0143. The predicted octanol–water partition coefficient (Wildman–Crippen LogP) is 7.78. The standard InChI is InChI=1S/C22H10Cl2F4N4OS/c23-12-4-1-2-7-15(12)32-20(22(26,27)28)11(10-30-32)19-17(21-29-8-9-34-21)18(31-33-19)16-13(24)5-3-6-14(16)25/h1-10H. The van der Waals surface area contributed by atoms with Crippen LogP contribution < -0.4 is 0 Å². The van der Waals surface area contributed by atoms with Crippen molar-refractivity contribution in [2.45, 2.75) is 6.18 Å². The van der Waals surface area contributed by atoms with Crippen LogP contribution in [0.1, 0.15) is 5.69 Å². The molecule has 0 atom stereocenters. The Kier molecular flexibility index (Phi) is 5.67. The molecule has 0 aliphatic heterocycles. The summed E-state index contributed by atoms with van der Waals surface area (Å²) >= 11 is 13.5. The maximum absolute atomic E-state index is 14.7. The molecule has 2 aromatic carbocycles. The summed E-state index contributed by atoms with van der Waals surface area (Å²) in [6, 6.07) is 9.99. The summed E-state index contributed by atoms with van der Waals surface area (Å²) in [7, 11) is 0. The minimum Gasteiger partial charge on any atom is -0.355 e. The Morgan fingerprint density at radius 3 is 2.41 bits per heavy atom. The van der Waals surface area contributed by atoms with Crippen molar-refractivity contribution in [1.29, 1.82) is 0 Å². The van der Waals surface area contributed by atoms with Gasteiger partial charge in [0.1, 0.15) is 16.5 Å². The highest BCUT2D eigenvalue weighted by atomic mass is 35.5. The Labute approximate surface area is 203 Å². The third-order valence-electron chi connectivity index (χ3n) is 4.90. The molecule has 5 rings (SSSR count). The molecule has 0 radical (unpaired) electrons. The van der Waals surface area contributed by atoms with Gasteiger partial charge >= 0.3 is 6.18 Å². The molecule has 0 saturated heterocycles. The van der Waals surface area contributed by atoms with Gasteiger partial charge in [0.15, 0.2) is 11.5 Å². The molecular weight excluding hydrogens is 515 g/mol. The Hall–Kier alpha value is -3.21. The maximum Gasteiger partial charge on any atom is 0.434 e. The number of benzene rings is 2. The van der Waals surface area contributed by atoms with Gasteiger partial charge in [0, 0.05) is 11.6 Å². The van der Waals surface area contributed by atoms with Crippen molar-refractivity contribution in [3.05, 3.63) is 81.8 Å². The van der Waals surface area contributed by atoms with E-state index in [2.05, 4.69) is 15.2 Å². The first kappa shape index (κ1) is 22.6. The van der Waals surface area contributed by atoms with Gasteiger partial charge in [0.2, 0.25) is 0 Å². The molecule has 0 amide bonds. The molecule has 5 nitrogen and oxygen atoms in total. The normalized spacial score (nSPS) is 11.8. The molecule has 0 aliphatic carbocycles. The van der Waals surface area contributed by atoms with Gasteiger partial charge in [0.25, 0.3) is 0 Å². The van der Waals surface area contributed by atoms with E-state index in [9.17, 15) is 17.6 Å². The van der Waals surface area contributed by atoms with E-state index in [1.807, 2.05) is 0 Å². The molecule has 0 N–H and O–H groups in total. The lowest BCUT2D eigenvalue weighted by Gasteiger charge is -2.13. The topological polar surface area (TPSA) is 56.7 Å². The molecule has 3 heterocycles. The maximum atomic E-state index is 14.7. The van der Waals surface area contributed by atoms with Gasteiger partial charge in [0.05, 0.1) is 38.6 Å². The van der Waals surface area contributed by atoms with Crippen LogP contribution in [0.25, 0.3) is 38.8 Å². The van der Waals surface area contributed by atoms with Gasteiger partial charge in [-0.05, 0) is 24.3 Å². The number of aromatic nitrogens is 4. The van der Waals surface area contributed by atoms with Gasteiger partial charge in [-0.25, -0.2) is 14.1 Å². The zero-order valence-corrected chi connectivity index (χ0v) is 19.0. The van der Waals surface area contributed by atoms with Crippen molar-refractivity contribution in [3.8, 4) is 38.8 Å². The number of nitrogens with zero attached hydrogens (tertiary/aromatic N) is 4. The van der Waals surface area contributed by atoms with Gasteiger partial charge in [-0.2, -0.15) is 18.3 Å².